The van der Waals surface area contributed by atoms with E-state index in [1.165, 1.54) is 114 Å². The highest BCUT2D eigenvalue weighted by Gasteiger charge is 2.39. The highest BCUT2D eigenvalue weighted by molar-refractivity contribution is 7.05. The Labute approximate surface area is 333 Å². The number of benzene rings is 11. The largest absolute Gasteiger partial charge is 0.114 e. The van der Waals surface area contributed by atoms with E-state index in [-0.39, 0.29) is 0 Å². The summed E-state index contributed by atoms with van der Waals surface area (Å²) < 4.78 is 0. The third-order valence-corrected chi connectivity index (χ3v) is 16.6. The quantitative estimate of drug-likeness (QED) is 0.0962. The van der Waals surface area contributed by atoms with Gasteiger partial charge in [-0.2, -0.15) is 0 Å². The molecule has 0 radical (unpaired) electrons. The molecule has 0 atom stereocenters. The van der Waals surface area contributed by atoms with Gasteiger partial charge in [-0.25, -0.2) is 0 Å². The first-order valence-corrected chi connectivity index (χ1v) is 23.1. The van der Waals surface area contributed by atoms with Gasteiger partial charge in [0.05, 0.1) is 0 Å². The van der Waals surface area contributed by atoms with E-state index < -0.39 is 8.07 Å². The molecular weight excluding hydrogens is 701 g/mol. The predicted molar refractivity (Wildman–Crippen MR) is 250 cm³/mol. The van der Waals surface area contributed by atoms with Gasteiger partial charge >= 0.3 is 0 Å². The van der Waals surface area contributed by atoms with Crippen LogP contribution in [0.4, 0.5) is 0 Å². The van der Waals surface area contributed by atoms with Gasteiger partial charge in [0.25, 0.3) is 0 Å². The number of fused-ring (bicyclic) bond motifs is 11. The molecule has 0 unspecified atom stereocenters. The van der Waals surface area contributed by atoms with Gasteiger partial charge in [0.1, 0.15) is 8.07 Å². The molecule has 0 spiro atoms. The van der Waals surface area contributed by atoms with Crippen LogP contribution in [0.5, 0.6) is 0 Å². The van der Waals surface area contributed by atoms with E-state index in [2.05, 4.69) is 207 Å². The molecule has 0 saturated carbocycles. The number of hydrogen-bond donors (Lipinski definition) is 0. The van der Waals surface area contributed by atoms with Crippen LogP contribution in [0.3, 0.4) is 0 Å². The van der Waals surface area contributed by atoms with Crippen LogP contribution in [0.25, 0.3) is 109 Å². The second-order valence-corrected chi connectivity index (χ2v) is 20.6. The maximum Gasteiger partial charge on any atom is 0.114 e. The smallest absolute Gasteiger partial charge is 0.0622 e. The molecule has 0 amide bonds. The molecule has 0 aliphatic carbocycles. The van der Waals surface area contributed by atoms with E-state index in [0.29, 0.717) is 0 Å². The summed E-state index contributed by atoms with van der Waals surface area (Å²) in [5, 5.41) is 18.8. The number of rotatable bonds is 3. The monoisotopic (exact) mass is 738 g/mol. The van der Waals surface area contributed by atoms with Gasteiger partial charge in [-0.3, -0.25) is 0 Å². The molecule has 11 aromatic carbocycles. The lowest BCUT2D eigenvalue weighted by Crippen LogP contribution is -2.49. The van der Waals surface area contributed by atoms with Crippen LogP contribution in [0.15, 0.2) is 194 Å². The van der Waals surface area contributed by atoms with Gasteiger partial charge in [-0.15, -0.1) is 0 Å². The second kappa shape index (κ2) is 12.1. The molecule has 0 nitrogen and oxygen atoms in total. The van der Waals surface area contributed by atoms with Crippen LogP contribution in [0, 0.1) is 0 Å². The van der Waals surface area contributed by atoms with E-state index in [1.807, 2.05) is 0 Å². The van der Waals surface area contributed by atoms with Crippen molar-refractivity contribution in [1.29, 1.82) is 0 Å². The van der Waals surface area contributed by atoms with E-state index in [9.17, 15) is 0 Å². The topological polar surface area (TPSA) is 0 Å². The van der Waals surface area contributed by atoms with E-state index >= 15 is 0 Å². The molecule has 1 aliphatic rings. The van der Waals surface area contributed by atoms with Crippen molar-refractivity contribution >= 4 is 83.1 Å². The Morgan fingerprint density at radius 3 is 1.26 bits per heavy atom. The second-order valence-electron chi connectivity index (χ2n) is 16.3. The summed E-state index contributed by atoms with van der Waals surface area (Å²) in [4.78, 5) is 0. The zero-order valence-corrected chi connectivity index (χ0v) is 33.0. The molecule has 266 valence electrons. The average molecular weight is 739 g/mol. The Morgan fingerprint density at radius 1 is 0.281 bits per heavy atom. The van der Waals surface area contributed by atoms with Crippen molar-refractivity contribution < 1.29 is 0 Å². The Morgan fingerprint density at radius 2 is 0.719 bits per heavy atom. The lowest BCUT2D eigenvalue weighted by atomic mass is 9.81. The van der Waals surface area contributed by atoms with Crippen molar-refractivity contribution in [3.8, 4) is 44.5 Å². The van der Waals surface area contributed by atoms with E-state index in [0.717, 1.165) is 0 Å². The SMILES string of the molecule is C[Si]1(C)c2ccc(-c3c4ccccc4c(-c4c5ccccc5c(-c5ccccc5)c5ccccc45)c4ccccc34)cc2-c2ccc3c(ccc4ccccc43)c21. The minimum Gasteiger partial charge on any atom is -0.0622 e. The third kappa shape index (κ3) is 4.55. The lowest BCUT2D eigenvalue weighted by Gasteiger charge is -2.23. The summed E-state index contributed by atoms with van der Waals surface area (Å²) in [6, 6.07) is 73.0. The van der Waals surface area contributed by atoms with Crippen molar-refractivity contribution in [2.45, 2.75) is 13.1 Å². The predicted octanol–water partition coefficient (Wildman–Crippen LogP) is 14.4. The molecule has 1 aliphatic heterocycles. The highest BCUT2D eigenvalue weighted by atomic mass is 28.3. The van der Waals surface area contributed by atoms with Crippen molar-refractivity contribution in [2.75, 3.05) is 0 Å². The molecule has 12 rings (SSSR count). The first-order chi connectivity index (χ1) is 28.1. The molecule has 0 saturated heterocycles. The van der Waals surface area contributed by atoms with Gasteiger partial charge in [0.2, 0.25) is 0 Å². The Balaban J connectivity index is 1.15. The van der Waals surface area contributed by atoms with Gasteiger partial charge in [-0.1, -0.05) is 201 Å². The lowest BCUT2D eigenvalue weighted by molar-refractivity contribution is 1.66. The molecule has 1 heterocycles. The standard InChI is InChI=1S/C56H38Si/c1-57(2)51-33-29-37(34-50(51)49-32-31-39-38-19-7-6-16-35(38)28-30-48(39)56(49)57)53-42-22-10-14-26-46(42)55(47-27-15-11-23-43(47)53)54-44-24-12-8-20-40(44)52(36-17-4-3-5-18-36)41-21-9-13-25-45(41)54/h3-34H,1-2H3. The fourth-order valence-corrected chi connectivity index (χ4v) is 14.0. The summed E-state index contributed by atoms with van der Waals surface area (Å²) in [7, 11) is -2.00. The Kier molecular flexibility index (Phi) is 6.88. The molecule has 11 aromatic rings. The zero-order valence-electron chi connectivity index (χ0n) is 32.0. The highest BCUT2D eigenvalue weighted by Crippen LogP contribution is 2.50. The minimum absolute atomic E-state index is 1.24. The summed E-state index contributed by atoms with van der Waals surface area (Å²) >= 11 is 0. The Bertz CT molecular complexity index is 3370. The van der Waals surface area contributed by atoms with Crippen LogP contribution in [0.2, 0.25) is 13.1 Å². The molecular formula is C56H38Si. The van der Waals surface area contributed by atoms with Crippen molar-refractivity contribution in [1.82, 2.24) is 0 Å². The van der Waals surface area contributed by atoms with Crippen molar-refractivity contribution in [3.05, 3.63) is 194 Å². The fourth-order valence-electron chi connectivity index (χ4n) is 10.6. The van der Waals surface area contributed by atoms with Crippen LogP contribution in [-0.2, 0) is 0 Å². The summed E-state index contributed by atoms with van der Waals surface area (Å²) in [6.45, 7) is 5.09. The summed E-state index contributed by atoms with van der Waals surface area (Å²) in [5.41, 5.74) is 10.5. The fraction of sp³-hybridized carbons (Fsp3) is 0.0357. The zero-order chi connectivity index (χ0) is 37.8. The van der Waals surface area contributed by atoms with Gasteiger partial charge in [-0.05, 0) is 126 Å². The molecule has 0 N–H and O–H groups in total. The van der Waals surface area contributed by atoms with Crippen LogP contribution in [0.1, 0.15) is 0 Å². The maximum absolute atomic E-state index is 2.54. The molecule has 0 bridgehead atoms. The Hall–Kier alpha value is -6.80. The van der Waals surface area contributed by atoms with Gasteiger partial charge < -0.3 is 0 Å². The van der Waals surface area contributed by atoms with Crippen LogP contribution >= 0.6 is 0 Å². The van der Waals surface area contributed by atoms with Crippen LogP contribution in [-0.4, -0.2) is 8.07 Å². The first kappa shape index (κ1) is 32.4. The van der Waals surface area contributed by atoms with Crippen molar-refractivity contribution in [3.63, 3.8) is 0 Å². The minimum atomic E-state index is -2.00. The normalized spacial score (nSPS) is 13.2. The molecule has 1 heteroatoms. The molecule has 0 aromatic heterocycles. The van der Waals surface area contributed by atoms with Gasteiger partial charge in [0, 0.05) is 0 Å². The molecule has 0 fully saturated rings. The summed E-state index contributed by atoms with van der Waals surface area (Å²) in [5.74, 6) is 0. The number of hydrogen-bond acceptors (Lipinski definition) is 0. The summed E-state index contributed by atoms with van der Waals surface area (Å²) in [6.07, 6.45) is 0. The average Bonchev–Trinajstić information content (AvgIpc) is 3.50. The van der Waals surface area contributed by atoms with Crippen LogP contribution < -0.4 is 10.4 Å². The first-order valence-electron chi connectivity index (χ1n) is 20.1. The van der Waals surface area contributed by atoms with E-state index in [4.69, 9.17) is 0 Å². The van der Waals surface area contributed by atoms with Crippen molar-refractivity contribution in [2.24, 2.45) is 0 Å². The van der Waals surface area contributed by atoms with E-state index in [1.54, 1.807) is 5.19 Å². The maximum atomic E-state index is 2.54. The van der Waals surface area contributed by atoms with Gasteiger partial charge in [0.15, 0.2) is 0 Å². The third-order valence-electron chi connectivity index (χ3n) is 13.0. The molecule has 57 heavy (non-hydrogen) atoms.